The summed E-state index contributed by atoms with van der Waals surface area (Å²) in [6.45, 7) is 8.99. The number of nitrogens with zero attached hydrogens (tertiary/aromatic N) is 1. The van der Waals surface area contributed by atoms with Crippen LogP contribution in [0.4, 0.5) is 0 Å². The molecule has 0 amide bonds. The van der Waals surface area contributed by atoms with Gasteiger partial charge >= 0.3 is 0 Å². The van der Waals surface area contributed by atoms with Crippen molar-refractivity contribution in [2.75, 3.05) is 32.8 Å². The molecule has 0 N–H and O–H groups in total. The molecule has 1 atom stereocenters. The predicted molar refractivity (Wildman–Crippen MR) is 80.8 cm³/mol. The van der Waals surface area contributed by atoms with E-state index in [4.69, 9.17) is 9.47 Å². The zero-order valence-corrected chi connectivity index (χ0v) is 13.3. The van der Waals surface area contributed by atoms with Gasteiger partial charge < -0.3 is 9.47 Å². The summed E-state index contributed by atoms with van der Waals surface area (Å²) in [6, 6.07) is 6.07. The third-order valence-electron chi connectivity index (χ3n) is 3.42. The van der Waals surface area contributed by atoms with Gasteiger partial charge in [0.1, 0.15) is 5.75 Å². The van der Waals surface area contributed by atoms with Crippen LogP contribution in [0.25, 0.3) is 0 Å². The smallest absolute Gasteiger partial charge is 0.123 e. The summed E-state index contributed by atoms with van der Waals surface area (Å²) in [7, 11) is 0. The Morgan fingerprint density at radius 2 is 2.32 bits per heavy atom. The zero-order valence-electron chi connectivity index (χ0n) is 11.7. The van der Waals surface area contributed by atoms with Crippen molar-refractivity contribution in [3.05, 3.63) is 28.2 Å². The van der Waals surface area contributed by atoms with E-state index in [-0.39, 0.29) is 0 Å². The quantitative estimate of drug-likeness (QED) is 0.775. The highest BCUT2D eigenvalue weighted by Gasteiger charge is 2.15. The van der Waals surface area contributed by atoms with Gasteiger partial charge in [0, 0.05) is 29.7 Å². The van der Waals surface area contributed by atoms with E-state index in [1.165, 1.54) is 5.56 Å². The number of benzene rings is 1. The van der Waals surface area contributed by atoms with Crippen molar-refractivity contribution >= 4 is 15.9 Å². The van der Waals surface area contributed by atoms with Crippen molar-refractivity contribution in [1.29, 1.82) is 0 Å². The van der Waals surface area contributed by atoms with Crippen LogP contribution in [0.3, 0.4) is 0 Å². The van der Waals surface area contributed by atoms with Gasteiger partial charge in [-0.2, -0.15) is 0 Å². The van der Waals surface area contributed by atoms with E-state index in [2.05, 4.69) is 34.7 Å². The summed E-state index contributed by atoms with van der Waals surface area (Å²) < 4.78 is 12.5. The zero-order chi connectivity index (χ0) is 13.7. The minimum atomic E-state index is 0.363. The van der Waals surface area contributed by atoms with Crippen molar-refractivity contribution in [2.24, 2.45) is 0 Å². The Balaban J connectivity index is 1.70. The fourth-order valence-corrected chi connectivity index (χ4v) is 2.66. The molecule has 1 fully saturated rings. The van der Waals surface area contributed by atoms with Crippen molar-refractivity contribution in [1.82, 2.24) is 4.90 Å². The molecule has 1 unspecified atom stereocenters. The molecule has 1 heterocycles. The average Bonchev–Trinajstić information content (AvgIpc) is 2.39. The lowest BCUT2D eigenvalue weighted by molar-refractivity contribution is -0.0193. The van der Waals surface area contributed by atoms with Crippen LogP contribution in [0.15, 0.2) is 22.7 Å². The van der Waals surface area contributed by atoms with Crippen LogP contribution < -0.4 is 4.74 Å². The van der Waals surface area contributed by atoms with Gasteiger partial charge in [0.2, 0.25) is 0 Å². The maximum Gasteiger partial charge on any atom is 0.123 e. The van der Waals surface area contributed by atoms with Crippen molar-refractivity contribution < 1.29 is 9.47 Å². The molecule has 4 heteroatoms. The predicted octanol–water partition coefficient (Wildman–Crippen LogP) is 3.25. The van der Waals surface area contributed by atoms with E-state index in [1.54, 1.807) is 0 Å². The Labute approximate surface area is 124 Å². The average molecular weight is 328 g/mol. The SMILES string of the molecule is Cc1c(Br)cccc1OCCCN1CCOC(C)C1. The molecule has 106 valence electrons. The Bertz CT molecular complexity index is 411. The van der Waals surface area contributed by atoms with E-state index in [9.17, 15) is 0 Å². The van der Waals surface area contributed by atoms with E-state index in [0.29, 0.717) is 6.10 Å². The summed E-state index contributed by atoms with van der Waals surface area (Å²) in [5.41, 5.74) is 1.17. The maximum atomic E-state index is 5.85. The van der Waals surface area contributed by atoms with Crippen LogP contribution in [-0.2, 0) is 4.74 Å². The molecule has 0 bridgehead atoms. The first kappa shape index (κ1) is 14.8. The Morgan fingerprint density at radius 3 is 3.11 bits per heavy atom. The van der Waals surface area contributed by atoms with Crippen LogP contribution in [-0.4, -0.2) is 43.9 Å². The molecule has 1 aliphatic rings. The van der Waals surface area contributed by atoms with Gasteiger partial charge in [-0.05, 0) is 32.4 Å². The number of ether oxygens (including phenoxy) is 2. The van der Waals surface area contributed by atoms with Gasteiger partial charge in [0.25, 0.3) is 0 Å². The van der Waals surface area contributed by atoms with Crippen LogP contribution in [0.2, 0.25) is 0 Å². The lowest BCUT2D eigenvalue weighted by atomic mass is 10.2. The van der Waals surface area contributed by atoms with Gasteiger partial charge in [-0.1, -0.05) is 22.0 Å². The first-order chi connectivity index (χ1) is 9.16. The highest BCUT2D eigenvalue weighted by atomic mass is 79.9. The molecule has 1 saturated heterocycles. The normalized spacial score (nSPS) is 20.5. The van der Waals surface area contributed by atoms with Crippen LogP contribution in [0, 0.1) is 6.92 Å². The van der Waals surface area contributed by atoms with E-state index in [0.717, 1.165) is 49.5 Å². The first-order valence-corrected chi connectivity index (χ1v) is 7.68. The van der Waals surface area contributed by atoms with Crippen molar-refractivity contribution in [2.45, 2.75) is 26.4 Å². The molecule has 0 aromatic heterocycles. The number of morpholine rings is 1. The Hall–Kier alpha value is -0.580. The minimum absolute atomic E-state index is 0.363. The van der Waals surface area contributed by atoms with Gasteiger partial charge in [-0.3, -0.25) is 4.90 Å². The molecule has 0 saturated carbocycles. The summed E-state index contributed by atoms with van der Waals surface area (Å²) in [5.74, 6) is 0.977. The maximum absolute atomic E-state index is 5.85. The number of hydrogen-bond acceptors (Lipinski definition) is 3. The first-order valence-electron chi connectivity index (χ1n) is 6.88. The van der Waals surface area contributed by atoms with Crippen LogP contribution in [0.5, 0.6) is 5.75 Å². The monoisotopic (exact) mass is 327 g/mol. The molecule has 19 heavy (non-hydrogen) atoms. The largest absolute Gasteiger partial charge is 0.493 e. The molecule has 0 spiro atoms. The second kappa shape index (κ2) is 7.27. The fraction of sp³-hybridized carbons (Fsp3) is 0.600. The topological polar surface area (TPSA) is 21.7 Å². The fourth-order valence-electron chi connectivity index (χ4n) is 2.31. The molecule has 1 aliphatic heterocycles. The van der Waals surface area contributed by atoms with Gasteiger partial charge in [0.05, 0.1) is 19.3 Å². The Kier molecular flexibility index (Phi) is 5.67. The van der Waals surface area contributed by atoms with Crippen molar-refractivity contribution in [3.8, 4) is 5.75 Å². The van der Waals surface area contributed by atoms with Crippen LogP contribution in [0.1, 0.15) is 18.9 Å². The second-order valence-corrected chi connectivity index (χ2v) is 5.90. The molecule has 1 aromatic rings. The number of hydrogen-bond donors (Lipinski definition) is 0. The molecule has 2 rings (SSSR count). The molecule has 3 nitrogen and oxygen atoms in total. The summed E-state index contributed by atoms with van der Waals surface area (Å²) in [4.78, 5) is 2.45. The third kappa shape index (κ3) is 4.48. The Morgan fingerprint density at radius 1 is 1.47 bits per heavy atom. The number of rotatable bonds is 5. The lowest BCUT2D eigenvalue weighted by Gasteiger charge is -2.30. The van der Waals surface area contributed by atoms with Gasteiger partial charge in [-0.15, -0.1) is 0 Å². The molecular formula is C15H22BrNO2. The second-order valence-electron chi connectivity index (χ2n) is 5.05. The number of halogens is 1. The minimum Gasteiger partial charge on any atom is -0.493 e. The lowest BCUT2D eigenvalue weighted by Crippen LogP contribution is -2.41. The molecular weight excluding hydrogens is 306 g/mol. The molecule has 0 radical (unpaired) electrons. The summed E-state index contributed by atoms with van der Waals surface area (Å²) in [6.07, 6.45) is 1.42. The highest BCUT2D eigenvalue weighted by Crippen LogP contribution is 2.25. The standard InChI is InChI=1S/C15H22BrNO2/c1-12-11-17(8-10-18-12)7-4-9-19-15-6-3-5-14(16)13(15)2/h3,5-6,12H,4,7-11H2,1-2H3. The van der Waals surface area contributed by atoms with Crippen LogP contribution >= 0.6 is 15.9 Å². The van der Waals surface area contributed by atoms with Gasteiger partial charge in [0.15, 0.2) is 0 Å². The third-order valence-corrected chi connectivity index (χ3v) is 4.28. The van der Waals surface area contributed by atoms with E-state index < -0.39 is 0 Å². The van der Waals surface area contributed by atoms with E-state index in [1.807, 2.05) is 18.2 Å². The molecule has 1 aromatic carbocycles. The summed E-state index contributed by atoms with van der Waals surface area (Å²) in [5, 5.41) is 0. The highest BCUT2D eigenvalue weighted by molar-refractivity contribution is 9.10. The summed E-state index contributed by atoms with van der Waals surface area (Å²) >= 11 is 3.52. The van der Waals surface area contributed by atoms with Gasteiger partial charge in [-0.25, -0.2) is 0 Å². The van der Waals surface area contributed by atoms with E-state index >= 15 is 0 Å². The molecule has 0 aliphatic carbocycles. The van der Waals surface area contributed by atoms with Crippen molar-refractivity contribution in [3.63, 3.8) is 0 Å².